The molecule has 0 spiro atoms. The largest absolute Gasteiger partial charge is 0.507 e. The molecule has 0 bridgehead atoms. The number of benzene rings is 2. The van der Waals surface area contributed by atoms with Crippen LogP contribution in [0.4, 0.5) is 4.39 Å². The van der Waals surface area contributed by atoms with Gasteiger partial charge in [0.1, 0.15) is 17.3 Å². The number of amides is 1. The van der Waals surface area contributed by atoms with Gasteiger partial charge in [0.25, 0.3) is 11.7 Å². The van der Waals surface area contributed by atoms with Gasteiger partial charge < -0.3 is 19.5 Å². The Hall–Kier alpha value is -2.94. The van der Waals surface area contributed by atoms with Crippen LogP contribution in [0.25, 0.3) is 5.76 Å². The van der Waals surface area contributed by atoms with Crippen molar-refractivity contribution >= 4 is 29.1 Å². The third kappa shape index (κ3) is 4.59. The van der Waals surface area contributed by atoms with Crippen molar-refractivity contribution in [3.8, 4) is 5.75 Å². The van der Waals surface area contributed by atoms with Crippen LogP contribution in [0.5, 0.6) is 5.75 Å². The van der Waals surface area contributed by atoms with Crippen molar-refractivity contribution in [3.05, 3.63) is 70.0 Å². The molecule has 2 fully saturated rings. The van der Waals surface area contributed by atoms with Gasteiger partial charge in [-0.3, -0.25) is 14.5 Å². The fourth-order valence-electron chi connectivity index (χ4n) is 4.17. The van der Waals surface area contributed by atoms with Gasteiger partial charge in [-0.15, -0.1) is 0 Å². The van der Waals surface area contributed by atoms with Crippen LogP contribution in [-0.2, 0) is 14.3 Å². The number of likely N-dealkylation sites (tertiary alicyclic amines) is 1. The van der Waals surface area contributed by atoms with E-state index in [1.54, 1.807) is 12.1 Å². The van der Waals surface area contributed by atoms with Crippen LogP contribution < -0.4 is 4.74 Å². The number of methoxy groups -OCH3 is 1. The topological polar surface area (TPSA) is 79.3 Å². The van der Waals surface area contributed by atoms with E-state index in [9.17, 15) is 19.1 Å². The molecular weight excluding hydrogens is 451 g/mol. The molecule has 7 nitrogen and oxygen atoms in total. The highest BCUT2D eigenvalue weighted by Gasteiger charge is 2.46. The summed E-state index contributed by atoms with van der Waals surface area (Å²) in [7, 11) is 1.46. The Balaban J connectivity index is 1.76. The minimum atomic E-state index is -1.06. The van der Waals surface area contributed by atoms with Gasteiger partial charge >= 0.3 is 0 Å². The number of ether oxygens (including phenoxy) is 2. The van der Waals surface area contributed by atoms with Gasteiger partial charge in [-0.05, 0) is 24.3 Å². The minimum Gasteiger partial charge on any atom is -0.507 e. The number of aliphatic hydroxyl groups is 1. The number of aliphatic hydroxyl groups excluding tert-OH is 1. The molecule has 0 unspecified atom stereocenters. The molecule has 9 heteroatoms. The molecule has 1 N–H and O–H groups in total. The monoisotopic (exact) mass is 474 g/mol. The van der Waals surface area contributed by atoms with Gasteiger partial charge in [-0.2, -0.15) is 0 Å². The molecule has 33 heavy (non-hydrogen) atoms. The van der Waals surface area contributed by atoms with Crippen LogP contribution in [0.15, 0.2) is 48.0 Å². The highest BCUT2D eigenvalue weighted by molar-refractivity contribution is 6.46. The van der Waals surface area contributed by atoms with Crippen LogP contribution in [0.1, 0.15) is 17.2 Å². The maximum atomic E-state index is 14.8. The summed E-state index contributed by atoms with van der Waals surface area (Å²) in [6.07, 6.45) is 0. The van der Waals surface area contributed by atoms with E-state index in [1.807, 2.05) is 0 Å². The second-order valence-corrected chi connectivity index (χ2v) is 8.22. The number of ketones is 1. The molecule has 0 saturated carbocycles. The summed E-state index contributed by atoms with van der Waals surface area (Å²) in [6, 6.07) is 9.39. The summed E-state index contributed by atoms with van der Waals surface area (Å²) in [6.45, 7) is 3.29. The standard InChI is InChI=1S/C24H24ClFN2O5/c1-32-19-7-6-15(14-17(19)25)22(29)20-21(16-4-2-3-5-18(16)26)28(24(31)23(20)30)9-8-27-10-12-33-13-11-27/h2-7,14,21,29H,8-13H2,1H3/t21-/m1/s1. The summed E-state index contributed by atoms with van der Waals surface area (Å²) >= 11 is 6.19. The molecule has 1 atom stereocenters. The van der Waals surface area contributed by atoms with Crippen LogP contribution in [0.2, 0.25) is 5.02 Å². The van der Waals surface area contributed by atoms with E-state index in [0.717, 1.165) is 0 Å². The molecule has 174 valence electrons. The van der Waals surface area contributed by atoms with Gasteiger partial charge in [0, 0.05) is 37.3 Å². The van der Waals surface area contributed by atoms with Crippen molar-refractivity contribution in [2.45, 2.75) is 6.04 Å². The zero-order valence-corrected chi connectivity index (χ0v) is 18.8. The average molecular weight is 475 g/mol. The van der Waals surface area contributed by atoms with Gasteiger partial charge in [-0.1, -0.05) is 29.8 Å². The zero-order valence-electron chi connectivity index (χ0n) is 18.1. The number of nitrogens with zero attached hydrogens (tertiary/aromatic N) is 2. The fraction of sp³-hybridized carbons (Fsp3) is 0.333. The first-order valence-electron chi connectivity index (χ1n) is 10.6. The number of halogens is 2. The lowest BCUT2D eigenvalue weighted by Gasteiger charge is -2.31. The van der Waals surface area contributed by atoms with Crippen LogP contribution in [0.3, 0.4) is 0 Å². The molecule has 2 saturated heterocycles. The molecule has 0 radical (unpaired) electrons. The van der Waals surface area contributed by atoms with Gasteiger partial charge in [-0.25, -0.2) is 4.39 Å². The molecular formula is C24H24ClFN2O5. The second kappa shape index (κ2) is 9.91. The average Bonchev–Trinajstić information content (AvgIpc) is 3.08. The number of carbonyl (C=O) groups is 2. The summed E-state index contributed by atoms with van der Waals surface area (Å²) in [5.74, 6) is -2.24. The second-order valence-electron chi connectivity index (χ2n) is 7.82. The number of rotatable bonds is 6. The van der Waals surface area contributed by atoms with Crippen LogP contribution in [-0.4, -0.2) is 73.1 Å². The Morgan fingerprint density at radius 1 is 1.18 bits per heavy atom. The van der Waals surface area contributed by atoms with Gasteiger partial charge in [0.15, 0.2) is 0 Å². The number of morpholine rings is 1. The van der Waals surface area contributed by atoms with Crippen molar-refractivity contribution in [1.82, 2.24) is 9.80 Å². The SMILES string of the molecule is COc1ccc(C(O)=C2C(=O)C(=O)N(CCN3CCOCC3)[C@@H]2c2ccccc2F)cc1Cl. The van der Waals surface area contributed by atoms with E-state index in [2.05, 4.69) is 4.90 Å². The summed E-state index contributed by atoms with van der Waals surface area (Å²) in [4.78, 5) is 29.5. The van der Waals surface area contributed by atoms with E-state index < -0.39 is 29.3 Å². The van der Waals surface area contributed by atoms with Crippen molar-refractivity contribution in [1.29, 1.82) is 0 Å². The Bertz CT molecular complexity index is 1100. The van der Waals surface area contributed by atoms with E-state index in [1.165, 1.54) is 42.3 Å². The molecule has 2 aromatic carbocycles. The first-order chi connectivity index (χ1) is 15.9. The van der Waals surface area contributed by atoms with E-state index >= 15 is 0 Å². The van der Waals surface area contributed by atoms with Crippen molar-refractivity contribution in [2.75, 3.05) is 46.5 Å². The third-order valence-electron chi connectivity index (χ3n) is 5.93. The summed E-state index contributed by atoms with van der Waals surface area (Å²) in [5, 5.41) is 11.3. The molecule has 2 aliphatic rings. The smallest absolute Gasteiger partial charge is 0.295 e. The Morgan fingerprint density at radius 3 is 2.58 bits per heavy atom. The van der Waals surface area contributed by atoms with Crippen molar-refractivity contribution in [3.63, 3.8) is 0 Å². The third-order valence-corrected chi connectivity index (χ3v) is 6.22. The molecule has 4 rings (SSSR count). The zero-order chi connectivity index (χ0) is 23.5. The molecule has 2 aliphatic heterocycles. The summed E-state index contributed by atoms with van der Waals surface area (Å²) < 4.78 is 25.3. The van der Waals surface area contributed by atoms with Gasteiger partial charge in [0.2, 0.25) is 0 Å². The van der Waals surface area contributed by atoms with Crippen molar-refractivity contribution < 1.29 is 28.6 Å². The fourth-order valence-corrected chi connectivity index (χ4v) is 4.43. The predicted molar refractivity (Wildman–Crippen MR) is 121 cm³/mol. The van der Waals surface area contributed by atoms with E-state index in [-0.39, 0.29) is 28.3 Å². The van der Waals surface area contributed by atoms with Crippen molar-refractivity contribution in [2.24, 2.45) is 0 Å². The number of Topliss-reactive ketones (excluding diaryl/α,β-unsaturated/α-hetero) is 1. The quantitative estimate of drug-likeness (QED) is 0.393. The lowest BCUT2D eigenvalue weighted by Crippen LogP contribution is -2.42. The van der Waals surface area contributed by atoms with E-state index in [0.29, 0.717) is 38.6 Å². The van der Waals surface area contributed by atoms with Crippen LogP contribution in [0, 0.1) is 5.82 Å². The summed E-state index contributed by atoms with van der Waals surface area (Å²) in [5.41, 5.74) is 0.196. The molecule has 0 aliphatic carbocycles. The van der Waals surface area contributed by atoms with Crippen LogP contribution >= 0.6 is 11.6 Å². The number of hydrogen-bond donors (Lipinski definition) is 1. The molecule has 2 heterocycles. The normalized spacial score (nSPS) is 20.9. The van der Waals surface area contributed by atoms with E-state index in [4.69, 9.17) is 21.1 Å². The lowest BCUT2D eigenvalue weighted by molar-refractivity contribution is -0.140. The Morgan fingerprint density at radius 2 is 1.91 bits per heavy atom. The van der Waals surface area contributed by atoms with Gasteiger partial charge in [0.05, 0.1) is 37.0 Å². The Kier molecular flexibility index (Phi) is 6.97. The highest BCUT2D eigenvalue weighted by Crippen LogP contribution is 2.41. The number of hydrogen-bond acceptors (Lipinski definition) is 6. The Labute approximate surface area is 195 Å². The molecule has 0 aromatic heterocycles. The maximum absolute atomic E-state index is 14.8. The lowest BCUT2D eigenvalue weighted by atomic mass is 9.95. The maximum Gasteiger partial charge on any atom is 0.295 e. The molecule has 1 amide bonds. The molecule has 2 aromatic rings. The highest BCUT2D eigenvalue weighted by atomic mass is 35.5. The first kappa shape index (κ1) is 23.2. The number of carbonyl (C=O) groups excluding carboxylic acids is 2. The predicted octanol–water partition coefficient (Wildman–Crippen LogP) is 3.24. The first-order valence-corrected chi connectivity index (χ1v) is 11.0. The minimum absolute atomic E-state index is 0.139.